The van der Waals surface area contributed by atoms with Crippen LogP contribution < -0.4 is 10.5 Å². The molecule has 0 unspecified atom stereocenters. The van der Waals surface area contributed by atoms with Crippen LogP contribution in [0.25, 0.3) is 0 Å². The minimum Gasteiger partial charge on any atom is -0.317 e. The summed E-state index contributed by atoms with van der Waals surface area (Å²) in [5.74, 6) is -0.423. The Hall–Kier alpha value is -0.880. The highest BCUT2D eigenvalue weighted by molar-refractivity contribution is 7.91. The van der Waals surface area contributed by atoms with Gasteiger partial charge in [0, 0.05) is 0 Å². The Balaban J connectivity index is 1.98. The molecule has 0 aromatic rings. The Morgan fingerprint density at radius 2 is 2.15 bits per heavy atom. The molecule has 5 nitrogen and oxygen atoms in total. The second kappa shape index (κ2) is 5.15. The van der Waals surface area contributed by atoms with Gasteiger partial charge in [0.15, 0.2) is 0 Å². The van der Waals surface area contributed by atoms with Gasteiger partial charge in [-0.3, -0.25) is 9.52 Å². The second-order valence-electron chi connectivity index (χ2n) is 6.15. The van der Waals surface area contributed by atoms with Gasteiger partial charge in [-0.2, -0.15) is 0 Å². The van der Waals surface area contributed by atoms with Crippen molar-refractivity contribution in [2.75, 3.05) is 0 Å². The van der Waals surface area contributed by atoms with Crippen LogP contribution >= 0.6 is 0 Å². The maximum Gasteiger partial charge on any atom is 0.253 e. The molecule has 3 N–H and O–H groups in total. The highest BCUT2D eigenvalue weighted by Crippen LogP contribution is 2.48. The summed E-state index contributed by atoms with van der Waals surface area (Å²) in [7, 11) is -3.62. The molecule has 0 heterocycles. The van der Waals surface area contributed by atoms with Crippen LogP contribution in [0.2, 0.25) is 0 Å². The summed E-state index contributed by atoms with van der Waals surface area (Å²) in [4.78, 5) is 12.1. The largest absolute Gasteiger partial charge is 0.317 e. The number of hydrogen-bond donors (Lipinski definition) is 2. The Kier molecular flexibility index (Phi) is 3.99. The Labute approximate surface area is 121 Å². The van der Waals surface area contributed by atoms with Gasteiger partial charge in [0.2, 0.25) is 10.0 Å². The van der Waals surface area contributed by atoms with Crippen LogP contribution in [0.1, 0.15) is 51.9 Å². The van der Waals surface area contributed by atoms with Gasteiger partial charge < -0.3 is 5.73 Å². The monoisotopic (exact) mass is 300 g/mol. The van der Waals surface area contributed by atoms with Crippen molar-refractivity contribution in [1.29, 1.82) is 0 Å². The van der Waals surface area contributed by atoms with E-state index in [1.807, 2.05) is 6.92 Å². The molecule has 1 amide bonds. The number of unbranched alkanes of at least 4 members (excludes halogenated alkanes) is 1. The van der Waals surface area contributed by atoms with Gasteiger partial charge in [-0.1, -0.05) is 19.4 Å². The molecule has 2 saturated carbocycles. The smallest absolute Gasteiger partial charge is 0.253 e. The summed E-state index contributed by atoms with van der Waals surface area (Å²) in [6.07, 6.45) is 6.57. The lowest BCUT2D eigenvalue weighted by Gasteiger charge is -2.19. The number of nitrogens with one attached hydrogen (secondary N) is 1. The lowest BCUT2D eigenvalue weighted by Crippen LogP contribution is -2.50. The van der Waals surface area contributed by atoms with E-state index in [2.05, 4.69) is 11.3 Å². The predicted molar refractivity (Wildman–Crippen MR) is 78.4 cm³/mol. The molecule has 2 aliphatic rings. The lowest BCUT2D eigenvalue weighted by molar-refractivity contribution is -0.121. The number of nitrogens with two attached hydrogens (primary N) is 1. The van der Waals surface area contributed by atoms with Gasteiger partial charge in [-0.05, 0) is 44.4 Å². The average molecular weight is 300 g/mol. The van der Waals surface area contributed by atoms with Gasteiger partial charge in [0.25, 0.3) is 5.91 Å². The van der Waals surface area contributed by atoms with E-state index in [4.69, 9.17) is 5.73 Å². The molecular formula is C14H24N2O3S. The Bertz CT molecular complexity index is 511. The molecule has 2 rings (SSSR count). The van der Waals surface area contributed by atoms with Crippen molar-refractivity contribution in [3.63, 3.8) is 0 Å². The van der Waals surface area contributed by atoms with E-state index in [0.717, 1.165) is 19.3 Å². The molecule has 0 aliphatic heterocycles. The standard InChI is InChI=1S/C14H24N2O3S/c1-3-5-6-7-13(8-9-13)20(18,19)16-12(17)14(15)10-11(14)4-2/h3,11H,1,4-10,15H2,2H3,(H,16,17)/t11-,14-/m1/s1. The number of rotatable bonds is 8. The van der Waals surface area contributed by atoms with Crippen molar-refractivity contribution in [3.05, 3.63) is 12.7 Å². The molecule has 0 saturated heterocycles. The molecule has 0 aromatic heterocycles. The van der Waals surface area contributed by atoms with Crippen molar-refractivity contribution in [3.8, 4) is 0 Å². The van der Waals surface area contributed by atoms with E-state index in [1.165, 1.54) is 0 Å². The number of amides is 1. The minimum absolute atomic E-state index is 0.105. The highest BCUT2D eigenvalue weighted by Gasteiger charge is 2.60. The van der Waals surface area contributed by atoms with Gasteiger partial charge in [0.05, 0.1) is 10.3 Å². The third-order valence-electron chi connectivity index (χ3n) is 4.71. The van der Waals surface area contributed by atoms with Crippen molar-refractivity contribution < 1.29 is 13.2 Å². The fourth-order valence-corrected chi connectivity index (χ4v) is 4.53. The molecule has 2 fully saturated rings. The summed E-state index contributed by atoms with van der Waals surface area (Å²) in [5.41, 5.74) is 4.97. The zero-order valence-electron chi connectivity index (χ0n) is 12.0. The summed E-state index contributed by atoms with van der Waals surface area (Å²) in [6.45, 7) is 5.59. The number of hydrogen-bond acceptors (Lipinski definition) is 4. The van der Waals surface area contributed by atoms with Crippen LogP contribution in [-0.4, -0.2) is 24.6 Å². The molecule has 0 spiro atoms. The van der Waals surface area contributed by atoms with Crippen LogP contribution in [0.3, 0.4) is 0 Å². The molecule has 6 heteroatoms. The van der Waals surface area contributed by atoms with E-state index >= 15 is 0 Å². The van der Waals surface area contributed by atoms with Crippen LogP contribution in [0.15, 0.2) is 12.7 Å². The first-order chi connectivity index (χ1) is 9.31. The summed E-state index contributed by atoms with van der Waals surface area (Å²) >= 11 is 0. The quantitative estimate of drug-likeness (QED) is 0.524. The second-order valence-corrected chi connectivity index (χ2v) is 8.23. The number of carbonyl (C=O) groups excluding carboxylic acids is 1. The molecule has 2 atom stereocenters. The van der Waals surface area contributed by atoms with Gasteiger partial charge in [0.1, 0.15) is 0 Å². The third-order valence-corrected chi connectivity index (χ3v) is 6.92. The SMILES string of the molecule is C=CCCCC1(S(=O)(=O)NC(=O)[C@@]2(N)C[C@H]2CC)CC1. The van der Waals surface area contributed by atoms with E-state index in [1.54, 1.807) is 6.08 Å². The average Bonchev–Trinajstić information content (AvgIpc) is 3.26. The zero-order valence-corrected chi connectivity index (χ0v) is 12.8. The lowest BCUT2D eigenvalue weighted by atomic mass is 10.2. The van der Waals surface area contributed by atoms with Crippen molar-refractivity contribution in [1.82, 2.24) is 4.72 Å². The normalized spacial score (nSPS) is 30.6. The predicted octanol–water partition coefficient (Wildman–Crippen LogP) is 1.45. The van der Waals surface area contributed by atoms with Crippen LogP contribution in [-0.2, 0) is 14.8 Å². The number of allylic oxidation sites excluding steroid dienone is 1. The van der Waals surface area contributed by atoms with Crippen LogP contribution in [0, 0.1) is 5.92 Å². The number of sulfonamides is 1. The first-order valence-corrected chi connectivity index (χ1v) is 8.76. The molecule has 0 aromatic carbocycles. The van der Waals surface area contributed by atoms with Gasteiger partial charge >= 0.3 is 0 Å². The molecule has 114 valence electrons. The summed E-state index contributed by atoms with van der Waals surface area (Å²) < 4.78 is 26.2. The molecule has 0 bridgehead atoms. The van der Waals surface area contributed by atoms with Crippen LogP contribution in [0.5, 0.6) is 0 Å². The Morgan fingerprint density at radius 3 is 2.60 bits per heavy atom. The van der Waals surface area contributed by atoms with E-state index in [0.29, 0.717) is 25.7 Å². The molecule has 2 aliphatic carbocycles. The fourth-order valence-electron chi connectivity index (χ4n) is 2.82. The molecule has 0 radical (unpaired) electrons. The van der Waals surface area contributed by atoms with E-state index < -0.39 is 26.2 Å². The third kappa shape index (κ3) is 2.63. The Morgan fingerprint density at radius 1 is 1.50 bits per heavy atom. The van der Waals surface area contributed by atoms with Gasteiger partial charge in [-0.25, -0.2) is 8.42 Å². The molecular weight excluding hydrogens is 276 g/mol. The first kappa shape index (κ1) is 15.5. The van der Waals surface area contributed by atoms with Crippen molar-refractivity contribution >= 4 is 15.9 Å². The number of carbonyl (C=O) groups is 1. The zero-order chi connectivity index (χ0) is 15.0. The summed E-state index contributed by atoms with van der Waals surface area (Å²) in [6, 6.07) is 0. The van der Waals surface area contributed by atoms with Crippen LogP contribution in [0.4, 0.5) is 0 Å². The van der Waals surface area contributed by atoms with Gasteiger partial charge in [-0.15, -0.1) is 6.58 Å². The van der Waals surface area contributed by atoms with Crippen molar-refractivity contribution in [2.45, 2.75) is 62.2 Å². The van der Waals surface area contributed by atoms with Crippen molar-refractivity contribution in [2.24, 2.45) is 11.7 Å². The maximum absolute atomic E-state index is 12.4. The highest BCUT2D eigenvalue weighted by atomic mass is 32.2. The minimum atomic E-state index is -3.62. The summed E-state index contributed by atoms with van der Waals surface area (Å²) in [5, 5.41) is 0. The maximum atomic E-state index is 12.4. The topological polar surface area (TPSA) is 89.3 Å². The first-order valence-electron chi connectivity index (χ1n) is 7.28. The molecule has 20 heavy (non-hydrogen) atoms. The van der Waals surface area contributed by atoms with E-state index in [-0.39, 0.29) is 5.92 Å². The van der Waals surface area contributed by atoms with E-state index in [9.17, 15) is 13.2 Å². The fraction of sp³-hybridized carbons (Fsp3) is 0.786.